The Kier molecular flexibility index (Phi) is 7.46. The Balaban J connectivity index is 1.66. The van der Waals surface area contributed by atoms with Crippen LogP contribution in [0.25, 0.3) is 0 Å². The highest BCUT2D eigenvalue weighted by molar-refractivity contribution is 5.35. The van der Waals surface area contributed by atoms with Crippen LogP contribution in [0.1, 0.15) is 98.3 Å². The summed E-state index contributed by atoms with van der Waals surface area (Å²) in [6.07, 6.45) is 20.1. The van der Waals surface area contributed by atoms with Gasteiger partial charge in [0.05, 0.1) is 0 Å². The Hall–Kier alpha value is -0.780. The Morgan fingerprint density at radius 1 is 0.963 bits per heavy atom. The van der Waals surface area contributed by atoms with Gasteiger partial charge in [-0.05, 0) is 92.4 Å². The third-order valence-electron chi connectivity index (χ3n) is 8.09. The topological polar surface area (TPSA) is 0 Å². The maximum Gasteiger partial charge on any atom is -0.0166 e. The second kappa shape index (κ2) is 9.62. The second-order valence-electron chi connectivity index (χ2n) is 10.5. The molecule has 3 aliphatic rings. The van der Waals surface area contributed by atoms with E-state index in [-0.39, 0.29) is 0 Å². The van der Waals surface area contributed by atoms with Crippen LogP contribution in [0, 0.1) is 35.5 Å². The molecule has 27 heavy (non-hydrogen) atoms. The van der Waals surface area contributed by atoms with Crippen LogP contribution in [-0.2, 0) is 0 Å². The van der Waals surface area contributed by atoms with Gasteiger partial charge in [0, 0.05) is 0 Å². The Morgan fingerprint density at radius 2 is 1.74 bits per heavy atom. The predicted molar refractivity (Wildman–Crippen MR) is 120 cm³/mol. The van der Waals surface area contributed by atoms with E-state index in [9.17, 15) is 0 Å². The fraction of sp³-hybridized carbons (Fsp3) is 0.778. The van der Waals surface area contributed by atoms with E-state index in [4.69, 9.17) is 0 Å². The van der Waals surface area contributed by atoms with E-state index in [1.165, 1.54) is 76.2 Å². The van der Waals surface area contributed by atoms with Crippen molar-refractivity contribution in [3.63, 3.8) is 0 Å². The van der Waals surface area contributed by atoms with Crippen LogP contribution in [0.3, 0.4) is 0 Å². The average molecular weight is 369 g/mol. The third-order valence-corrected chi connectivity index (χ3v) is 8.09. The summed E-state index contributed by atoms with van der Waals surface area (Å²) in [4.78, 5) is 0. The summed E-state index contributed by atoms with van der Waals surface area (Å²) in [6, 6.07) is 0. The van der Waals surface area contributed by atoms with E-state index >= 15 is 0 Å². The number of allylic oxidation sites excluding steroid dienone is 5. The summed E-state index contributed by atoms with van der Waals surface area (Å²) in [5.41, 5.74) is 4.73. The molecular formula is C27H44. The zero-order chi connectivity index (χ0) is 19.4. The molecule has 0 spiro atoms. The van der Waals surface area contributed by atoms with Gasteiger partial charge in [0.2, 0.25) is 0 Å². The Morgan fingerprint density at radius 3 is 2.48 bits per heavy atom. The molecule has 0 unspecified atom stereocenters. The van der Waals surface area contributed by atoms with E-state index in [1.807, 2.05) is 0 Å². The standard InChI is InChI=1S/C27H44/c1-19(2)9-8-11-21(4)25-17-18-26-24(14-13-22(5)27(25)26)16-15-23-12-7-6-10-20(23)3/h15-16,19,21-22,25-27H,3,6-14,17-18H2,1-2,4-5H3/b23-15-,24-16+/t21-,22-,25-,26-,27-/m1/s1. The van der Waals surface area contributed by atoms with Crippen LogP contribution >= 0.6 is 0 Å². The zero-order valence-electron chi connectivity index (χ0n) is 18.6. The van der Waals surface area contributed by atoms with E-state index in [0.717, 1.165) is 35.5 Å². The molecule has 0 radical (unpaired) electrons. The van der Waals surface area contributed by atoms with Crippen molar-refractivity contribution in [3.05, 3.63) is 35.5 Å². The van der Waals surface area contributed by atoms with Gasteiger partial charge in [-0.2, -0.15) is 0 Å². The molecule has 0 amide bonds. The molecule has 0 nitrogen and oxygen atoms in total. The first-order valence-electron chi connectivity index (χ1n) is 12.0. The first kappa shape index (κ1) is 20.9. The Bertz CT molecular complexity index is 561. The maximum atomic E-state index is 4.32. The van der Waals surface area contributed by atoms with Crippen LogP contribution in [-0.4, -0.2) is 0 Å². The summed E-state index contributed by atoms with van der Waals surface area (Å²) in [6.45, 7) is 14.2. The molecule has 0 aliphatic heterocycles. The van der Waals surface area contributed by atoms with Crippen LogP contribution in [0.4, 0.5) is 0 Å². The molecule has 0 aromatic carbocycles. The highest BCUT2D eigenvalue weighted by Crippen LogP contribution is 2.53. The monoisotopic (exact) mass is 368 g/mol. The molecule has 0 heterocycles. The molecule has 152 valence electrons. The summed E-state index contributed by atoms with van der Waals surface area (Å²) >= 11 is 0. The largest absolute Gasteiger partial charge is 0.0956 e. The van der Waals surface area contributed by atoms with E-state index < -0.39 is 0 Å². The minimum absolute atomic E-state index is 0.860. The van der Waals surface area contributed by atoms with Crippen molar-refractivity contribution in [2.45, 2.75) is 98.3 Å². The molecule has 5 atom stereocenters. The van der Waals surface area contributed by atoms with Crippen LogP contribution in [0.15, 0.2) is 35.5 Å². The second-order valence-corrected chi connectivity index (χ2v) is 10.5. The van der Waals surface area contributed by atoms with Crippen molar-refractivity contribution < 1.29 is 0 Å². The van der Waals surface area contributed by atoms with Crippen molar-refractivity contribution in [2.24, 2.45) is 35.5 Å². The van der Waals surface area contributed by atoms with E-state index in [0.29, 0.717) is 0 Å². The number of hydrogen-bond acceptors (Lipinski definition) is 0. The van der Waals surface area contributed by atoms with E-state index in [1.54, 1.807) is 11.1 Å². The highest BCUT2D eigenvalue weighted by atomic mass is 14.5. The fourth-order valence-corrected chi connectivity index (χ4v) is 6.41. The van der Waals surface area contributed by atoms with Gasteiger partial charge < -0.3 is 0 Å². The first-order chi connectivity index (χ1) is 13.0. The molecule has 3 aliphatic carbocycles. The summed E-state index contributed by atoms with van der Waals surface area (Å²) < 4.78 is 0. The lowest BCUT2D eigenvalue weighted by Crippen LogP contribution is -2.31. The molecule has 0 heteroatoms. The van der Waals surface area contributed by atoms with E-state index in [2.05, 4.69) is 46.4 Å². The summed E-state index contributed by atoms with van der Waals surface area (Å²) in [7, 11) is 0. The van der Waals surface area contributed by atoms with Gasteiger partial charge in [-0.15, -0.1) is 0 Å². The van der Waals surface area contributed by atoms with Gasteiger partial charge in [0.1, 0.15) is 0 Å². The quantitative estimate of drug-likeness (QED) is 0.441. The van der Waals surface area contributed by atoms with Crippen molar-refractivity contribution in [2.75, 3.05) is 0 Å². The van der Waals surface area contributed by atoms with Crippen LogP contribution < -0.4 is 0 Å². The van der Waals surface area contributed by atoms with Gasteiger partial charge >= 0.3 is 0 Å². The van der Waals surface area contributed by atoms with Gasteiger partial charge in [-0.25, -0.2) is 0 Å². The molecule has 3 rings (SSSR count). The normalized spacial score (nSPS) is 35.8. The lowest BCUT2D eigenvalue weighted by molar-refractivity contribution is 0.149. The number of rotatable bonds is 6. The molecule has 0 saturated heterocycles. The van der Waals surface area contributed by atoms with Gasteiger partial charge in [-0.1, -0.05) is 76.8 Å². The van der Waals surface area contributed by atoms with Crippen molar-refractivity contribution >= 4 is 0 Å². The first-order valence-corrected chi connectivity index (χ1v) is 12.0. The number of fused-ring (bicyclic) bond motifs is 1. The number of hydrogen-bond donors (Lipinski definition) is 0. The maximum absolute atomic E-state index is 4.32. The predicted octanol–water partition coefficient (Wildman–Crippen LogP) is 8.50. The summed E-state index contributed by atoms with van der Waals surface area (Å²) in [5.74, 6) is 5.49. The molecule has 0 N–H and O–H groups in total. The molecule has 0 bridgehead atoms. The van der Waals surface area contributed by atoms with Crippen LogP contribution in [0.5, 0.6) is 0 Å². The highest BCUT2D eigenvalue weighted by Gasteiger charge is 2.44. The van der Waals surface area contributed by atoms with Gasteiger partial charge in [0.25, 0.3) is 0 Å². The molecule has 3 saturated carbocycles. The third kappa shape index (κ3) is 5.18. The smallest absolute Gasteiger partial charge is 0.0166 e. The minimum Gasteiger partial charge on any atom is -0.0956 e. The fourth-order valence-electron chi connectivity index (χ4n) is 6.41. The minimum atomic E-state index is 0.860. The SMILES string of the molecule is C=C1CCCC/C1=C/C=C1\CC[C@@H](C)[C@@H]2[C@@H]([C@H](C)CCCC(C)C)CC[C@H]12. The van der Waals surface area contributed by atoms with Gasteiger partial charge in [0.15, 0.2) is 0 Å². The van der Waals surface area contributed by atoms with Crippen molar-refractivity contribution in [3.8, 4) is 0 Å². The van der Waals surface area contributed by atoms with Crippen LogP contribution in [0.2, 0.25) is 0 Å². The molecule has 0 aromatic heterocycles. The molecule has 0 aromatic rings. The molecular weight excluding hydrogens is 324 g/mol. The average Bonchev–Trinajstić information content (AvgIpc) is 3.08. The van der Waals surface area contributed by atoms with Gasteiger partial charge in [-0.3, -0.25) is 0 Å². The Labute approximate surface area is 169 Å². The zero-order valence-corrected chi connectivity index (χ0v) is 18.6. The molecule has 3 fully saturated rings. The van der Waals surface area contributed by atoms with Crippen molar-refractivity contribution in [1.82, 2.24) is 0 Å². The lowest BCUT2D eigenvalue weighted by Gasteiger charge is -2.39. The lowest BCUT2D eigenvalue weighted by atomic mass is 9.66. The van der Waals surface area contributed by atoms with Crippen molar-refractivity contribution in [1.29, 1.82) is 0 Å². The summed E-state index contributed by atoms with van der Waals surface area (Å²) in [5, 5.41) is 0.